The minimum Gasteiger partial charge on any atom is -0.314 e. The number of hydrogen-bond donors (Lipinski definition) is 1. The SMILES string of the molecule is c1ccc(SCCC2CCCCC2CNC2CC2)cc1. The minimum atomic E-state index is 0.872. The lowest BCUT2D eigenvalue weighted by Crippen LogP contribution is -2.32. The Morgan fingerprint density at radius 2 is 1.70 bits per heavy atom. The van der Waals surface area contributed by atoms with E-state index in [1.165, 1.54) is 62.1 Å². The highest BCUT2D eigenvalue weighted by Gasteiger charge is 2.27. The summed E-state index contributed by atoms with van der Waals surface area (Å²) in [6.07, 6.45) is 10.1. The van der Waals surface area contributed by atoms with Gasteiger partial charge in [-0.2, -0.15) is 0 Å². The zero-order valence-corrected chi connectivity index (χ0v) is 13.2. The van der Waals surface area contributed by atoms with Gasteiger partial charge >= 0.3 is 0 Å². The standard InChI is InChI=1S/C18H27NS/c1-2-8-18(9-3-1)20-13-12-15-6-4-5-7-16(15)14-19-17-10-11-17/h1-3,8-9,15-17,19H,4-7,10-14H2. The Kier molecular flexibility index (Phi) is 5.43. The van der Waals surface area contributed by atoms with Gasteiger partial charge in [0.15, 0.2) is 0 Å². The van der Waals surface area contributed by atoms with E-state index in [4.69, 9.17) is 0 Å². The average Bonchev–Trinajstić information content (AvgIpc) is 3.32. The average molecular weight is 289 g/mol. The first-order valence-electron chi connectivity index (χ1n) is 8.33. The Bertz CT molecular complexity index is 388. The van der Waals surface area contributed by atoms with Gasteiger partial charge in [0.2, 0.25) is 0 Å². The molecule has 0 radical (unpaired) electrons. The van der Waals surface area contributed by atoms with Crippen molar-refractivity contribution in [2.45, 2.75) is 55.9 Å². The number of nitrogens with one attached hydrogen (secondary N) is 1. The van der Waals surface area contributed by atoms with Crippen LogP contribution in [0.25, 0.3) is 0 Å². The first-order chi connectivity index (χ1) is 9.92. The molecule has 1 aromatic rings. The number of benzene rings is 1. The van der Waals surface area contributed by atoms with Crippen molar-refractivity contribution >= 4 is 11.8 Å². The number of thioether (sulfide) groups is 1. The lowest BCUT2D eigenvalue weighted by atomic mass is 9.78. The monoisotopic (exact) mass is 289 g/mol. The summed E-state index contributed by atoms with van der Waals surface area (Å²) < 4.78 is 0. The fourth-order valence-electron chi connectivity index (χ4n) is 3.38. The van der Waals surface area contributed by atoms with Crippen LogP contribution in [0.3, 0.4) is 0 Å². The van der Waals surface area contributed by atoms with E-state index in [0.717, 1.165) is 17.9 Å². The molecule has 2 saturated carbocycles. The second-order valence-electron chi connectivity index (χ2n) is 6.44. The van der Waals surface area contributed by atoms with E-state index in [1.807, 2.05) is 11.8 Å². The van der Waals surface area contributed by atoms with Crippen LogP contribution < -0.4 is 5.32 Å². The molecule has 110 valence electrons. The minimum absolute atomic E-state index is 0.872. The molecule has 3 rings (SSSR count). The van der Waals surface area contributed by atoms with Gasteiger partial charge in [0, 0.05) is 10.9 Å². The highest BCUT2D eigenvalue weighted by Crippen LogP contribution is 2.34. The number of rotatable bonds is 7. The Morgan fingerprint density at radius 1 is 0.950 bits per heavy atom. The molecule has 2 aliphatic carbocycles. The van der Waals surface area contributed by atoms with Crippen molar-refractivity contribution in [1.82, 2.24) is 5.32 Å². The van der Waals surface area contributed by atoms with Crippen LogP contribution in [-0.2, 0) is 0 Å². The second kappa shape index (κ2) is 7.51. The summed E-state index contributed by atoms with van der Waals surface area (Å²) in [6, 6.07) is 11.7. The Morgan fingerprint density at radius 3 is 2.45 bits per heavy atom. The summed E-state index contributed by atoms with van der Waals surface area (Å²) in [6.45, 7) is 1.28. The Hall–Kier alpha value is -0.470. The third-order valence-electron chi connectivity index (χ3n) is 4.81. The second-order valence-corrected chi connectivity index (χ2v) is 7.61. The topological polar surface area (TPSA) is 12.0 Å². The van der Waals surface area contributed by atoms with Gasteiger partial charge in [0.1, 0.15) is 0 Å². The van der Waals surface area contributed by atoms with Gasteiger partial charge in [0.05, 0.1) is 0 Å². The molecule has 20 heavy (non-hydrogen) atoms. The summed E-state index contributed by atoms with van der Waals surface area (Å²) in [7, 11) is 0. The van der Waals surface area contributed by atoms with Crippen molar-refractivity contribution in [1.29, 1.82) is 0 Å². The molecule has 1 nitrogen and oxygen atoms in total. The van der Waals surface area contributed by atoms with Crippen LogP contribution in [0.1, 0.15) is 44.9 Å². The van der Waals surface area contributed by atoms with Crippen LogP contribution in [0, 0.1) is 11.8 Å². The van der Waals surface area contributed by atoms with Gasteiger partial charge in [0.25, 0.3) is 0 Å². The van der Waals surface area contributed by atoms with Crippen LogP contribution in [0.4, 0.5) is 0 Å². The molecule has 2 atom stereocenters. The lowest BCUT2D eigenvalue weighted by molar-refractivity contribution is 0.224. The molecular weight excluding hydrogens is 262 g/mol. The van der Waals surface area contributed by atoms with E-state index in [9.17, 15) is 0 Å². The van der Waals surface area contributed by atoms with Gasteiger partial charge in [-0.15, -0.1) is 11.8 Å². The molecule has 2 fully saturated rings. The summed E-state index contributed by atoms with van der Waals surface area (Å²) in [5, 5.41) is 3.76. The van der Waals surface area contributed by atoms with Crippen molar-refractivity contribution in [2.24, 2.45) is 11.8 Å². The lowest BCUT2D eigenvalue weighted by Gasteiger charge is -2.32. The summed E-state index contributed by atoms with van der Waals surface area (Å²) in [5.74, 6) is 3.20. The molecule has 2 aliphatic rings. The molecule has 0 aromatic heterocycles. The molecule has 0 heterocycles. The van der Waals surface area contributed by atoms with E-state index in [-0.39, 0.29) is 0 Å². The van der Waals surface area contributed by atoms with E-state index in [2.05, 4.69) is 35.6 Å². The van der Waals surface area contributed by atoms with Gasteiger partial charge in [-0.05, 0) is 61.9 Å². The van der Waals surface area contributed by atoms with Crippen molar-refractivity contribution in [3.8, 4) is 0 Å². The fourth-order valence-corrected chi connectivity index (χ4v) is 4.39. The van der Waals surface area contributed by atoms with E-state index in [0.29, 0.717) is 0 Å². The smallest absolute Gasteiger partial charge is 0.00719 e. The van der Waals surface area contributed by atoms with Crippen molar-refractivity contribution < 1.29 is 0 Å². The van der Waals surface area contributed by atoms with Crippen molar-refractivity contribution in [2.75, 3.05) is 12.3 Å². The molecule has 0 aliphatic heterocycles. The summed E-state index contributed by atoms with van der Waals surface area (Å²) >= 11 is 2.03. The predicted molar refractivity (Wildman–Crippen MR) is 88.3 cm³/mol. The highest BCUT2D eigenvalue weighted by molar-refractivity contribution is 7.99. The van der Waals surface area contributed by atoms with Crippen LogP contribution in [0.15, 0.2) is 35.2 Å². The van der Waals surface area contributed by atoms with Gasteiger partial charge in [-0.1, -0.05) is 37.5 Å². The summed E-state index contributed by atoms with van der Waals surface area (Å²) in [5.41, 5.74) is 0. The van der Waals surface area contributed by atoms with Crippen molar-refractivity contribution in [3.63, 3.8) is 0 Å². The van der Waals surface area contributed by atoms with E-state index >= 15 is 0 Å². The maximum absolute atomic E-state index is 3.76. The molecule has 2 heteroatoms. The first kappa shape index (κ1) is 14.5. The quantitative estimate of drug-likeness (QED) is 0.728. The molecule has 0 bridgehead atoms. The van der Waals surface area contributed by atoms with E-state index < -0.39 is 0 Å². The van der Waals surface area contributed by atoms with Crippen LogP contribution in [0.5, 0.6) is 0 Å². The van der Waals surface area contributed by atoms with Crippen molar-refractivity contribution in [3.05, 3.63) is 30.3 Å². The van der Waals surface area contributed by atoms with Gasteiger partial charge in [-0.25, -0.2) is 0 Å². The predicted octanol–water partition coefficient (Wildman–Crippen LogP) is 4.73. The first-order valence-corrected chi connectivity index (χ1v) is 9.31. The van der Waals surface area contributed by atoms with Crippen LogP contribution in [-0.4, -0.2) is 18.3 Å². The summed E-state index contributed by atoms with van der Waals surface area (Å²) in [4.78, 5) is 1.43. The third kappa shape index (κ3) is 4.53. The maximum Gasteiger partial charge on any atom is 0.00719 e. The molecule has 0 spiro atoms. The third-order valence-corrected chi connectivity index (χ3v) is 5.86. The Labute approximate surface area is 127 Å². The normalized spacial score (nSPS) is 26.6. The number of hydrogen-bond acceptors (Lipinski definition) is 2. The molecule has 1 aromatic carbocycles. The zero-order chi connectivity index (χ0) is 13.6. The van der Waals surface area contributed by atoms with Gasteiger partial charge < -0.3 is 5.32 Å². The molecule has 1 N–H and O–H groups in total. The molecule has 2 unspecified atom stereocenters. The fraction of sp³-hybridized carbons (Fsp3) is 0.667. The van der Waals surface area contributed by atoms with Crippen LogP contribution >= 0.6 is 11.8 Å². The molecule has 0 saturated heterocycles. The molecule has 0 amide bonds. The van der Waals surface area contributed by atoms with Gasteiger partial charge in [-0.3, -0.25) is 0 Å². The molecular formula is C18H27NS. The maximum atomic E-state index is 3.76. The zero-order valence-electron chi connectivity index (χ0n) is 12.4. The highest BCUT2D eigenvalue weighted by atomic mass is 32.2. The Balaban J connectivity index is 1.41. The van der Waals surface area contributed by atoms with Crippen LogP contribution in [0.2, 0.25) is 0 Å². The van der Waals surface area contributed by atoms with E-state index in [1.54, 1.807) is 0 Å². The largest absolute Gasteiger partial charge is 0.314 e.